The molecule has 4 aromatic rings. The van der Waals surface area contributed by atoms with E-state index in [4.69, 9.17) is 16.3 Å². The van der Waals surface area contributed by atoms with Gasteiger partial charge in [-0.05, 0) is 61.5 Å². The van der Waals surface area contributed by atoms with Crippen LogP contribution in [0.5, 0.6) is 11.5 Å². The van der Waals surface area contributed by atoms with Gasteiger partial charge in [0.2, 0.25) is 11.8 Å². The predicted molar refractivity (Wildman–Crippen MR) is 157 cm³/mol. The van der Waals surface area contributed by atoms with Gasteiger partial charge in [0.05, 0.1) is 16.6 Å². The molecule has 2 aliphatic rings. The van der Waals surface area contributed by atoms with Crippen LogP contribution < -0.4 is 19.8 Å². The Balaban J connectivity index is 1.36. The van der Waals surface area contributed by atoms with Crippen LogP contribution in [0.25, 0.3) is 0 Å². The number of nitrogens with zero attached hydrogens (tertiary/aromatic N) is 1. The summed E-state index contributed by atoms with van der Waals surface area (Å²) in [6, 6.07) is 18.0. The van der Waals surface area contributed by atoms with Gasteiger partial charge in [-0.1, -0.05) is 52.4 Å². The first-order valence-corrected chi connectivity index (χ1v) is 14.6. The number of aryl methyl sites for hydroxylation is 1. The summed E-state index contributed by atoms with van der Waals surface area (Å²) >= 11 is 8.56. The fourth-order valence-electron chi connectivity index (χ4n) is 5.08. The average Bonchev–Trinajstić information content (AvgIpc) is 3.44. The number of imide groups is 1. The molecule has 0 saturated carbocycles. The molecule has 1 aromatic heterocycles. The first kappa shape index (κ1) is 27.1. The Kier molecular flexibility index (Phi) is 7.10. The Bertz CT molecular complexity index is 1730. The molecule has 2 aliphatic heterocycles. The number of carbonyl (C=O) groups is 3. The van der Waals surface area contributed by atoms with Crippen LogP contribution in [0.1, 0.15) is 21.9 Å². The number of anilines is 2. The van der Waals surface area contributed by atoms with Crippen LogP contribution in [0.4, 0.5) is 11.4 Å². The molecule has 41 heavy (non-hydrogen) atoms. The number of aromatic amines is 1. The lowest BCUT2D eigenvalue weighted by atomic mass is 9.82. The average molecular weight is 608 g/mol. The smallest absolute Gasteiger partial charge is 0.305 e. The van der Waals surface area contributed by atoms with E-state index in [-0.39, 0.29) is 29.0 Å². The van der Waals surface area contributed by atoms with Gasteiger partial charge in [0.25, 0.3) is 5.91 Å². The number of ether oxygens (including phenoxy) is 1. The molecule has 3 heterocycles. The normalized spacial score (nSPS) is 19.6. The van der Waals surface area contributed by atoms with E-state index in [0.717, 1.165) is 16.9 Å². The molecule has 12 heteroatoms. The number of H-pyrrole nitrogens is 1. The molecule has 1 fully saturated rings. The molecule has 0 bridgehead atoms. The molecule has 3 aromatic carbocycles. The second kappa shape index (κ2) is 10.7. The zero-order valence-electron chi connectivity index (χ0n) is 21.4. The van der Waals surface area contributed by atoms with Crippen LogP contribution in [-0.2, 0) is 14.4 Å². The van der Waals surface area contributed by atoms with Crippen molar-refractivity contribution in [3.8, 4) is 11.5 Å². The van der Waals surface area contributed by atoms with Crippen molar-refractivity contribution >= 4 is 63.8 Å². The number of phenols is 1. The van der Waals surface area contributed by atoms with Crippen molar-refractivity contribution in [2.75, 3.05) is 16.8 Å². The van der Waals surface area contributed by atoms with E-state index in [0.29, 0.717) is 37.6 Å². The molecule has 1 saturated heterocycles. The number of fused-ring (bicyclic) bond motifs is 2. The second-order valence-corrected chi connectivity index (χ2v) is 12.3. The van der Waals surface area contributed by atoms with E-state index in [1.54, 1.807) is 42.5 Å². The van der Waals surface area contributed by atoms with Crippen molar-refractivity contribution in [1.29, 1.82) is 0 Å². The topological polar surface area (TPSA) is 129 Å². The molecular weight excluding hydrogens is 586 g/mol. The van der Waals surface area contributed by atoms with Crippen molar-refractivity contribution in [1.82, 2.24) is 4.98 Å². The van der Waals surface area contributed by atoms with Gasteiger partial charge in [-0.3, -0.25) is 19.2 Å². The summed E-state index contributed by atoms with van der Waals surface area (Å²) < 4.78 is 5.94. The summed E-state index contributed by atoms with van der Waals surface area (Å²) in [6.45, 7) is 1.56. The van der Waals surface area contributed by atoms with Crippen molar-refractivity contribution in [3.63, 3.8) is 0 Å². The van der Waals surface area contributed by atoms with Crippen molar-refractivity contribution in [3.05, 3.63) is 97.4 Å². The zero-order chi connectivity index (χ0) is 28.8. The SMILES string of the molecule is Cc1ccc(N2C(=O)C3Sc4[nH]c(=O)sc4C(c4cc(Cl)ccc4OCC(=O)Nc4ccc(O)cc4)C3C2=O)cc1. The molecular formula is C29H22ClN3O6S2. The molecule has 6 rings (SSSR count). The third kappa shape index (κ3) is 5.12. The van der Waals surface area contributed by atoms with Gasteiger partial charge < -0.3 is 20.1 Å². The summed E-state index contributed by atoms with van der Waals surface area (Å²) in [7, 11) is 0. The van der Waals surface area contributed by atoms with E-state index in [2.05, 4.69) is 10.3 Å². The minimum Gasteiger partial charge on any atom is -0.508 e. The summed E-state index contributed by atoms with van der Waals surface area (Å²) in [4.78, 5) is 57.0. The van der Waals surface area contributed by atoms with Gasteiger partial charge in [0.1, 0.15) is 16.7 Å². The maximum Gasteiger partial charge on any atom is 0.305 e. The van der Waals surface area contributed by atoms with Crippen LogP contribution >= 0.6 is 34.7 Å². The van der Waals surface area contributed by atoms with Crippen LogP contribution in [0, 0.1) is 12.8 Å². The summed E-state index contributed by atoms with van der Waals surface area (Å²) in [5, 5.41) is 12.3. The van der Waals surface area contributed by atoms with E-state index in [1.807, 2.05) is 19.1 Å². The third-order valence-electron chi connectivity index (χ3n) is 6.93. The Hall–Kier alpha value is -4.06. The van der Waals surface area contributed by atoms with E-state index in [9.17, 15) is 24.3 Å². The van der Waals surface area contributed by atoms with Gasteiger partial charge in [-0.25, -0.2) is 4.90 Å². The van der Waals surface area contributed by atoms with Crippen LogP contribution in [0.3, 0.4) is 0 Å². The van der Waals surface area contributed by atoms with E-state index >= 15 is 0 Å². The molecule has 208 valence electrons. The van der Waals surface area contributed by atoms with Crippen LogP contribution in [0.15, 0.2) is 76.6 Å². The molecule has 0 radical (unpaired) electrons. The Labute approximate surface area is 247 Å². The van der Waals surface area contributed by atoms with Crippen LogP contribution in [0.2, 0.25) is 5.02 Å². The zero-order valence-corrected chi connectivity index (χ0v) is 23.8. The molecule has 3 unspecified atom stereocenters. The van der Waals surface area contributed by atoms with Gasteiger partial charge in [-0.2, -0.15) is 0 Å². The lowest BCUT2D eigenvalue weighted by Gasteiger charge is -2.31. The number of rotatable bonds is 6. The molecule has 0 aliphatic carbocycles. The van der Waals surface area contributed by atoms with Gasteiger partial charge in [0, 0.05) is 27.1 Å². The number of hydrogen-bond acceptors (Lipinski definition) is 8. The highest BCUT2D eigenvalue weighted by atomic mass is 35.5. The fraction of sp³-hybridized carbons (Fsp3) is 0.172. The second-order valence-electron chi connectivity index (χ2n) is 9.66. The molecule has 3 amide bonds. The summed E-state index contributed by atoms with van der Waals surface area (Å²) in [6.07, 6.45) is 0. The van der Waals surface area contributed by atoms with Crippen LogP contribution in [-0.4, -0.2) is 39.7 Å². The highest BCUT2D eigenvalue weighted by Gasteiger charge is 2.56. The standard InChI is InChI=1S/C29H22ClN3O6S2/c1-14-2-7-17(8-3-14)33-27(36)23-22(24-26(32-29(38)41-24)40-25(23)28(33)37)19-12-15(30)4-11-20(19)39-13-21(35)31-16-5-9-18(34)10-6-16/h2-12,22-23,25,34H,13H2,1H3,(H,31,35)(H,32,38). The number of carbonyl (C=O) groups excluding carboxylic acids is 3. The number of thiazole rings is 1. The number of benzene rings is 3. The van der Waals surface area contributed by atoms with Crippen molar-refractivity contribution in [2.45, 2.75) is 23.1 Å². The minimum atomic E-state index is -0.834. The van der Waals surface area contributed by atoms with Crippen molar-refractivity contribution < 1.29 is 24.2 Å². The molecule has 0 spiro atoms. The van der Waals surface area contributed by atoms with Gasteiger partial charge in [0.15, 0.2) is 6.61 Å². The third-order valence-corrected chi connectivity index (χ3v) is 9.57. The quantitative estimate of drug-likeness (QED) is 0.210. The number of halogens is 1. The van der Waals surface area contributed by atoms with E-state index in [1.165, 1.54) is 28.8 Å². The summed E-state index contributed by atoms with van der Waals surface area (Å²) in [5.41, 5.74) is 2.44. The van der Waals surface area contributed by atoms with Gasteiger partial charge in [-0.15, -0.1) is 0 Å². The van der Waals surface area contributed by atoms with Crippen molar-refractivity contribution in [2.24, 2.45) is 5.92 Å². The number of thioether (sulfide) groups is 1. The largest absolute Gasteiger partial charge is 0.508 e. The highest BCUT2D eigenvalue weighted by Crippen LogP contribution is 2.54. The maximum atomic E-state index is 14.0. The van der Waals surface area contributed by atoms with E-state index < -0.39 is 23.0 Å². The lowest BCUT2D eigenvalue weighted by molar-refractivity contribution is -0.122. The molecule has 9 nitrogen and oxygen atoms in total. The Morgan fingerprint density at radius 2 is 1.78 bits per heavy atom. The maximum absolute atomic E-state index is 14.0. The Morgan fingerprint density at radius 3 is 2.51 bits per heavy atom. The predicted octanol–water partition coefficient (Wildman–Crippen LogP) is 4.92. The molecule has 3 atom stereocenters. The minimum absolute atomic E-state index is 0.0707. The lowest BCUT2D eigenvalue weighted by Crippen LogP contribution is -2.32. The fourth-order valence-corrected chi connectivity index (χ4v) is 7.77. The highest BCUT2D eigenvalue weighted by molar-refractivity contribution is 8.00. The number of aromatic nitrogens is 1. The summed E-state index contributed by atoms with van der Waals surface area (Å²) in [5.74, 6) is -2.38. The first-order chi connectivity index (χ1) is 19.7. The molecule has 3 N–H and O–H groups in total. The number of amides is 3. The number of hydrogen-bond donors (Lipinski definition) is 3. The monoisotopic (exact) mass is 607 g/mol. The Morgan fingerprint density at radius 1 is 1.05 bits per heavy atom. The van der Waals surface area contributed by atoms with Gasteiger partial charge >= 0.3 is 4.87 Å². The number of nitrogens with one attached hydrogen (secondary N) is 2. The first-order valence-electron chi connectivity index (χ1n) is 12.5. The number of phenolic OH excluding ortho intramolecular Hbond substituents is 1. The number of aromatic hydroxyl groups is 1.